The molecule has 0 unspecified atom stereocenters. The molecule has 1 aromatic rings. The molecule has 0 saturated heterocycles. The summed E-state index contributed by atoms with van der Waals surface area (Å²) in [5, 5.41) is 8.88. The Kier molecular flexibility index (Phi) is 5.88. The van der Waals surface area contributed by atoms with Crippen molar-refractivity contribution in [2.75, 3.05) is 11.9 Å². The zero-order valence-corrected chi connectivity index (χ0v) is 14.8. The van der Waals surface area contributed by atoms with E-state index in [4.69, 9.17) is 5.73 Å². The Bertz CT molecular complexity index is 696. The van der Waals surface area contributed by atoms with Crippen molar-refractivity contribution in [1.29, 1.82) is 0 Å². The fourth-order valence-corrected chi connectivity index (χ4v) is 3.67. The maximum atomic E-state index is 12.3. The number of amides is 3. The monoisotopic (exact) mass is 358 g/mol. The van der Waals surface area contributed by atoms with Gasteiger partial charge in [0.2, 0.25) is 17.7 Å². The van der Waals surface area contributed by atoms with Gasteiger partial charge in [0, 0.05) is 30.7 Å². The van der Waals surface area contributed by atoms with Gasteiger partial charge in [-0.15, -0.1) is 0 Å². The molecule has 140 valence electrons. The van der Waals surface area contributed by atoms with Gasteiger partial charge in [0.25, 0.3) is 0 Å². The van der Waals surface area contributed by atoms with Crippen molar-refractivity contribution in [2.24, 2.45) is 5.73 Å². The molecule has 5 N–H and O–H groups in total. The summed E-state index contributed by atoms with van der Waals surface area (Å²) in [6, 6.07) is 6.01. The van der Waals surface area contributed by atoms with Crippen molar-refractivity contribution in [2.45, 2.75) is 57.0 Å². The molecule has 1 aliphatic carbocycles. The number of nitrogens with one attached hydrogen (secondary N) is 3. The van der Waals surface area contributed by atoms with E-state index in [1.54, 1.807) is 0 Å². The highest BCUT2D eigenvalue weighted by atomic mass is 16.2. The van der Waals surface area contributed by atoms with Crippen LogP contribution in [0.15, 0.2) is 18.2 Å². The molecule has 1 aromatic carbocycles. The van der Waals surface area contributed by atoms with Crippen molar-refractivity contribution in [3.05, 3.63) is 29.3 Å². The number of anilines is 1. The lowest BCUT2D eigenvalue weighted by Gasteiger charge is -2.29. The minimum absolute atomic E-state index is 0.00199. The van der Waals surface area contributed by atoms with Gasteiger partial charge < -0.3 is 21.7 Å². The molecule has 1 heterocycles. The zero-order chi connectivity index (χ0) is 18.5. The van der Waals surface area contributed by atoms with Gasteiger partial charge in [-0.2, -0.15) is 0 Å². The molecular weight excluding hydrogens is 332 g/mol. The summed E-state index contributed by atoms with van der Waals surface area (Å²) in [5.41, 5.74) is 8.09. The SMILES string of the molecule is NCCC(=O)N[C@H]1CC[C@H](NC(=O)Cc2ccc3c(c2)CC(=O)N3)CC1. The number of benzene rings is 1. The van der Waals surface area contributed by atoms with Gasteiger partial charge in [-0.25, -0.2) is 0 Å². The average Bonchev–Trinajstić information content (AvgIpc) is 2.96. The van der Waals surface area contributed by atoms with Crippen molar-refractivity contribution in [3.8, 4) is 0 Å². The third-order valence-electron chi connectivity index (χ3n) is 4.99. The predicted molar refractivity (Wildman–Crippen MR) is 98.5 cm³/mol. The second-order valence-corrected chi connectivity index (χ2v) is 7.12. The van der Waals surface area contributed by atoms with Crippen LogP contribution in [0.5, 0.6) is 0 Å². The van der Waals surface area contributed by atoms with Crippen molar-refractivity contribution < 1.29 is 14.4 Å². The van der Waals surface area contributed by atoms with Crippen LogP contribution in [0.25, 0.3) is 0 Å². The van der Waals surface area contributed by atoms with Crippen LogP contribution < -0.4 is 21.7 Å². The number of rotatable bonds is 6. The summed E-state index contributed by atoms with van der Waals surface area (Å²) in [6.45, 7) is 0.365. The molecule has 2 aliphatic rings. The molecule has 1 fully saturated rings. The first-order chi connectivity index (χ1) is 12.5. The van der Waals surface area contributed by atoms with E-state index in [9.17, 15) is 14.4 Å². The van der Waals surface area contributed by atoms with Crippen LogP contribution in [0.3, 0.4) is 0 Å². The lowest BCUT2D eigenvalue weighted by atomic mass is 9.91. The maximum absolute atomic E-state index is 12.3. The van der Waals surface area contributed by atoms with Gasteiger partial charge in [0.1, 0.15) is 0 Å². The smallest absolute Gasteiger partial charge is 0.228 e. The molecule has 0 atom stereocenters. The minimum Gasteiger partial charge on any atom is -0.353 e. The third kappa shape index (κ3) is 4.82. The Morgan fingerprint density at radius 1 is 1.08 bits per heavy atom. The number of carbonyl (C=O) groups is 3. The van der Waals surface area contributed by atoms with Crippen LogP contribution in [0.2, 0.25) is 0 Å². The van der Waals surface area contributed by atoms with Gasteiger partial charge in [0.05, 0.1) is 12.8 Å². The normalized spacial score (nSPS) is 21.7. The van der Waals surface area contributed by atoms with Crippen molar-refractivity contribution in [1.82, 2.24) is 10.6 Å². The first-order valence-corrected chi connectivity index (χ1v) is 9.24. The highest BCUT2D eigenvalue weighted by Gasteiger charge is 2.24. The lowest BCUT2D eigenvalue weighted by Crippen LogP contribution is -2.44. The topological polar surface area (TPSA) is 113 Å². The van der Waals surface area contributed by atoms with E-state index in [-0.39, 0.29) is 29.8 Å². The first kappa shape index (κ1) is 18.4. The van der Waals surface area contributed by atoms with Crippen LogP contribution in [0, 0.1) is 0 Å². The largest absolute Gasteiger partial charge is 0.353 e. The van der Waals surface area contributed by atoms with Gasteiger partial charge in [0.15, 0.2) is 0 Å². The molecule has 7 heteroatoms. The number of fused-ring (bicyclic) bond motifs is 1. The fraction of sp³-hybridized carbons (Fsp3) is 0.526. The predicted octanol–water partition coefficient (Wildman–Crippen LogP) is 0.616. The second-order valence-electron chi connectivity index (χ2n) is 7.12. The Labute approximate surface area is 153 Å². The first-order valence-electron chi connectivity index (χ1n) is 9.24. The third-order valence-corrected chi connectivity index (χ3v) is 4.99. The molecule has 0 aromatic heterocycles. The fourth-order valence-electron chi connectivity index (χ4n) is 3.67. The van der Waals surface area contributed by atoms with E-state index in [2.05, 4.69) is 16.0 Å². The number of hydrogen-bond donors (Lipinski definition) is 4. The standard InChI is InChI=1S/C19H26N4O3/c20-8-7-17(24)21-14-2-4-15(5-3-14)22-18(25)10-12-1-6-16-13(9-12)11-19(26)23-16/h1,6,9,14-15H,2-5,7-8,10-11,20H2,(H,21,24)(H,22,25)(H,23,26)/t14-,15-. The van der Waals surface area contributed by atoms with E-state index >= 15 is 0 Å². The van der Waals surface area contributed by atoms with E-state index in [1.165, 1.54) is 0 Å². The summed E-state index contributed by atoms with van der Waals surface area (Å²) >= 11 is 0. The van der Waals surface area contributed by atoms with E-state index in [1.807, 2.05) is 18.2 Å². The highest BCUT2D eigenvalue weighted by molar-refractivity contribution is 5.99. The van der Waals surface area contributed by atoms with E-state index in [0.717, 1.165) is 42.5 Å². The maximum Gasteiger partial charge on any atom is 0.228 e. The van der Waals surface area contributed by atoms with Crippen LogP contribution in [0.1, 0.15) is 43.2 Å². The molecule has 3 amide bonds. The molecule has 0 bridgehead atoms. The number of carbonyl (C=O) groups excluding carboxylic acids is 3. The summed E-state index contributed by atoms with van der Waals surface area (Å²) < 4.78 is 0. The Morgan fingerprint density at radius 3 is 2.38 bits per heavy atom. The molecule has 0 radical (unpaired) electrons. The van der Waals surface area contributed by atoms with Crippen LogP contribution in [0.4, 0.5) is 5.69 Å². The van der Waals surface area contributed by atoms with Gasteiger partial charge >= 0.3 is 0 Å². The molecule has 3 rings (SSSR count). The van der Waals surface area contributed by atoms with Crippen LogP contribution in [-0.2, 0) is 27.2 Å². The van der Waals surface area contributed by atoms with Gasteiger partial charge in [-0.05, 0) is 42.9 Å². The van der Waals surface area contributed by atoms with Gasteiger partial charge in [-0.1, -0.05) is 12.1 Å². The molecular formula is C19H26N4O3. The van der Waals surface area contributed by atoms with Crippen LogP contribution >= 0.6 is 0 Å². The molecule has 0 spiro atoms. The van der Waals surface area contributed by atoms with E-state index < -0.39 is 0 Å². The molecule has 1 saturated carbocycles. The number of nitrogens with two attached hydrogens (primary N) is 1. The zero-order valence-electron chi connectivity index (χ0n) is 14.8. The quantitative estimate of drug-likeness (QED) is 0.597. The van der Waals surface area contributed by atoms with Crippen LogP contribution in [-0.4, -0.2) is 36.3 Å². The van der Waals surface area contributed by atoms with E-state index in [0.29, 0.717) is 25.8 Å². The lowest BCUT2D eigenvalue weighted by molar-refractivity contribution is -0.123. The Balaban J connectivity index is 1.43. The Morgan fingerprint density at radius 2 is 1.73 bits per heavy atom. The average molecular weight is 358 g/mol. The van der Waals surface area contributed by atoms with Crippen molar-refractivity contribution in [3.63, 3.8) is 0 Å². The Hall–Kier alpha value is -2.41. The van der Waals surface area contributed by atoms with Crippen molar-refractivity contribution >= 4 is 23.4 Å². The number of hydrogen-bond acceptors (Lipinski definition) is 4. The summed E-state index contributed by atoms with van der Waals surface area (Å²) in [7, 11) is 0. The summed E-state index contributed by atoms with van der Waals surface area (Å²) in [6.07, 6.45) is 4.52. The van der Waals surface area contributed by atoms with Gasteiger partial charge in [-0.3, -0.25) is 14.4 Å². The second kappa shape index (κ2) is 8.31. The molecule has 7 nitrogen and oxygen atoms in total. The summed E-state index contributed by atoms with van der Waals surface area (Å²) in [5.74, 6) is -0.000619. The molecule has 1 aliphatic heterocycles. The summed E-state index contributed by atoms with van der Waals surface area (Å²) in [4.78, 5) is 35.3. The molecule has 26 heavy (non-hydrogen) atoms. The highest BCUT2D eigenvalue weighted by Crippen LogP contribution is 2.24. The minimum atomic E-state index is -0.00286.